The predicted octanol–water partition coefficient (Wildman–Crippen LogP) is 3.98. The smallest absolute Gasteiger partial charge is 0.271 e. The number of hydrogen-bond acceptors (Lipinski definition) is 7. The molecule has 0 aliphatic heterocycles. The van der Waals surface area contributed by atoms with Crippen LogP contribution in [0.3, 0.4) is 0 Å². The molecular formula is C25H26N4O6. The van der Waals surface area contributed by atoms with Gasteiger partial charge in [0.25, 0.3) is 17.5 Å². The summed E-state index contributed by atoms with van der Waals surface area (Å²) in [5.41, 5.74) is 0.683. The van der Waals surface area contributed by atoms with Crippen LogP contribution >= 0.6 is 0 Å². The van der Waals surface area contributed by atoms with E-state index in [1.54, 1.807) is 18.2 Å². The molecule has 2 aromatic carbocycles. The summed E-state index contributed by atoms with van der Waals surface area (Å²) in [6, 6.07) is 12.4. The molecule has 2 amide bonds. The lowest BCUT2D eigenvalue weighted by Crippen LogP contribution is -2.36. The van der Waals surface area contributed by atoms with E-state index in [2.05, 4.69) is 10.6 Å². The topological polar surface area (TPSA) is 144 Å². The van der Waals surface area contributed by atoms with E-state index < -0.39 is 16.7 Å². The molecule has 2 aromatic rings. The number of nitrogens with one attached hydrogen (secondary N) is 2. The Kier molecular flexibility index (Phi) is 8.78. The van der Waals surface area contributed by atoms with Crippen molar-refractivity contribution in [3.63, 3.8) is 0 Å². The van der Waals surface area contributed by atoms with E-state index in [-0.39, 0.29) is 35.3 Å². The molecule has 0 aromatic heterocycles. The highest BCUT2D eigenvalue weighted by molar-refractivity contribution is 6.01. The number of nitro benzene ring substituents is 1. The number of methoxy groups -OCH3 is 1. The van der Waals surface area contributed by atoms with Gasteiger partial charge in [-0.05, 0) is 42.7 Å². The first-order chi connectivity index (χ1) is 16.9. The van der Waals surface area contributed by atoms with E-state index in [1.807, 2.05) is 6.07 Å². The Balaban J connectivity index is 1.63. The number of non-ortho nitro benzene ring substituents is 1. The Morgan fingerprint density at radius 3 is 2.63 bits per heavy atom. The van der Waals surface area contributed by atoms with Gasteiger partial charge in [0.1, 0.15) is 11.6 Å². The van der Waals surface area contributed by atoms with Gasteiger partial charge < -0.3 is 20.1 Å². The minimum absolute atomic E-state index is 0.0115. The van der Waals surface area contributed by atoms with Gasteiger partial charge in [-0.15, -0.1) is 0 Å². The maximum absolute atomic E-state index is 12.5. The Hall–Kier alpha value is -4.39. The van der Waals surface area contributed by atoms with Crippen LogP contribution in [-0.4, -0.2) is 36.5 Å². The van der Waals surface area contributed by atoms with Crippen LogP contribution in [0.2, 0.25) is 0 Å². The highest BCUT2D eigenvalue weighted by atomic mass is 16.6. The average Bonchev–Trinajstić information content (AvgIpc) is 2.86. The number of carbonyl (C=O) groups excluding carboxylic acids is 2. The van der Waals surface area contributed by atoms with Crippen molar-refractivity contribution in [1.29, 1.82) is 5.26 Å². The fraction of sp³-hybridized carbons (Fsp3) is 0.320. The number of rotatable bonds is 9. The lowest BCUT2D eigenvalue weighted by Gasteiger charge is -2.22. The fourth-order valence-corrected chi connectivity index (χ4v) is 3.76. The molecule has 0 atom stereocenters. The van der Waals surface area contributed by atoms with Gasteiger partial charge in [-0.3, -0.25) is 19.7 Å². The van der Waals surface area contributed by atoms with Crippen molar-refractivity contribution in [2.45, 2.75) is 38.1 Å². The second-order valence-corrected chi connectivity index (χ2v) is 8.03. The Morgan fingerprint density at radius 2 is 1.94 bits per heavy atom. The van der Waals surface area contributed by atoms with Crippen LogP contribution in [0.25, 0.3) is 6.08 Å². The number of carbonyl (C=O) groups is 2. The molecule has 1 aliphatic carbocycles. The molecule has 1 aliphatic rings. The van der Waals surface area contributed by atoms with E-state index >= 15 is 0 Å². The van der Waals surface area contributed by atoms with Crippen molar-refractivity contribution in [2.75, 3.05) is 19.0 Å². The standard InChI is InChI=1S/C25H26N4O6/c1-34-23-13-17(12-18(15-26)25(31)28-19-6-3-2-4-7-19)10-11-22(23)35-16-24(30)27-20-8-5-9-21(14-20)29(32)33/h5,8-14,19H,2-4,6-7,16H2,1H3,(H,27,30)(H,28,31)/b18-12-. The van der Waals surface area contributed by atoms with E-state index in [4.69, 9.17) is 9.47 Å². The van der Waals surface area contributed by atoms with Gasteiger partial charge in [0.05, 0.1) is 12.0 Å². The molecule has 2 N–H and O–H groups in total. The number of benzene rings is 2. The van der Waals surface area contributed by atoms with Crippen LogP contribution in [0.4, 0.5) is 11.4 Å². The highest BCUT2D eigenvalue weighted by Gasteiger charge is 2.18. The summed E-state index contributed by atoms with van der Waals surface area (Å²) in [4.78, 5) is 35.1. The number of ether oxygens (including phenoxy) is 2. The van der Waals surface area contributed by atoms with Crippen molar-refractivity contribution in [2.24, 2.45) is 0 Å². The summed E-state index contributed by atoms with van der Waals surface area (Å²) in [5, 5.41) is 25.8. The first-order valence-corrected chi connectivity index (χ1v) is 11.2. The molecule has 0 heterocycles. The third-order valence-electron chi connectivity index (χ3n) is 5.50. The molecule has 0 spiro atoms. The molecule has 182 valence electrons. The maximum atomic E-state index is 12.5. The zero-order valence-corrected chi connectivity index (χ0v) is 19.3. The van der Waals surface area contributed by atoms with Gasteiger partial charge >= 0.3 is 0 Å². The fourth-order valence-electron chi connectivity index (χ4n) is 3.76. The van der Waals surface area contributed by atoms with Crippen LogP contribution in [0.1, 0.15) is 37.7 Å². The van der Waals surface area contributed by atoms with Crippen molar-refractivity contribution < 1.29 is 24.0 Å². The first kappa shape index (κ1) is 25.2. The lowest BCUT2D eigenvalue weighted by atomic mass is 9.95. The van der Waals surface area contributed by atoms with Gasteiger partial charge in [-0.1, -0.05) is 31.4 Å². The predicted molar refractivity (Wildman–Crippen MR) is 129 cm³/mol. The Bertz CT molecular complexity index is 1160. The number of hydrogen-bond donors (Lipinski definition) is 2. The zero-order valence-electron chi connectivity index (χ0n) is 19.3. The summed E-state index contributed by atoms with van der Waals surface area (Å²) in [6.07, 6.45) is 6.60. The summed E-state index contributed by atoms with van der Waals surface area (Å²) in [7, 11) is 1.43. The molecule has 10 heteroatoms. The van der Waals surface area contributed by atoms with Crippen LogP contribution < -0.4 is 20.1 Å². The normalized spacial score (nSPS) is 13.9. The van der Waals surface area contributed by atoms with E-state index in [0.29, 0.717) is 11.3 Å². The van der Waals surface area contributed by atoms with Gasteiger partial charge in [-0.2, -0.15) is 5.26 Å². The minimum Gasteiger partial charge on any atom is -0.493 e. The lowest BCUT2D eigenvalue weighted by molar-refractivity contribution is -0.384. The van der Waals surface area contributed by atoms with Crippen LogP contribution in [-0.2, 0) is 9.59 Å². The van der Waals surface area contributed by atoms with E-state index in [0.717, 1.165) is 32.1 Å². The summed E-state index contributed by atoms with van der Waals surface area (Å²) >= 11 is 0. The highest BCUT2D eigenvalue weighted by Crippen LogP contribution is 2.29. The average molecular weight is 479 g/mol. The molecule has 0 radical (unpaired) electrons. The second kappa shape index (κ2) is 12.2. The molecule has 3 rings (SSSR count). The Morgan fingerprint density at radius 1 is 1.17 bits per heavy atom. The molecule has 1 saturated carbocycles. The van der Waals surface area contributed by atoms with Gasteiger partial charge in [0, 0.05) is 23.9 Å². The molecule has 10 nitrogen and oxygen atoms in total. The van der Waals surface area contributed by atoms with Gasteiger partial charge in [-0.25, -0.2) is 0 Å². The largest absolute Gasteiger partial charge is 0.493 e. The van der Waals surface area contributed by atoms with E-state index in [1.165, 1.54) is 37.5 Å². The minimum atomic E-state index is -0.551. The SMILES string of the molecule is COc1cc(/C=C(/C#N)C(=O)NC2CCCCC2)ccc1OCC(=O)Nc1cccc([N+](=O)[O-])c1. The van der Waals surface area contributed by atoms with Gasteiger partial charge in [0.15, 0.2) is 18.1 Å². The van der Waals surface area contributed by atoms with Gasteiger partial charge in [0.2, 0.25) is 0 Å². The quantitative estimate of drug-likeness (QED) is 0.240. The third kappa shape index (κ3) is 7.30. The second-order valence-electron chi connectivity index (χ2n) is 8.03. The van der Waals surface area contributed by atoms with Crippen molar-refractivity contribution in [3.05, 3.63) is 63.7 Å². The number of nitro groups is 1. The number of amides is 2. The number of anilines is 1. The van der Waals surface area contributed by atoms with Crippen molar-refractivity contribution in [3.8, 4) is 17.6 Å². The van der Waals surface area contributed by atoms with Crippen LogP contribution in [0.15, 0.2) is 48.0 Å². The summed E-state index contributed by atoms with van der Waals surface area (Å²) < 4.78 is 10.9. The maximum Gasteiger partial charge on any atom is 0.271 e. The van der Waals surface area contributed by atoms with E-state index in [9.17, 15) is 25.0 Å². The number of nitriles is 1. The zero-order chi connectivity index (χ0) is 25.2. The summed E-state index contributed by atoms with van der Waals surface area (Å²) in [6.45, 7) is -0.360. The first-order valence-electron chi connectivity index (χ1n) is 11.2. The number of nitrogens with zero attached hydrogens (tertiary/aromatic N) is 2. The molecule has 0 unspecified atom stereocenters. The van der Waals surface area contributed by atoms with Crippen LogP contribution in [0.5, 0.6) is 11.5 Å². The molecule has 0 bridgehead atoms. The monoisotopic (exact) mass is 478 g/mol. The molecule has 0 saturated heterocycles. The molecule has 1 fully saturated rings. The Labute approximate surface area is 202 Å². The van der Waals surface area contributed by atoms with Crippen molar-refractivity contribution >= 4 is 29.3 Å². The third-order valence-corrected chi connectivity index (χ3v) is 5.50. The van der Waals surface area contributed by atoms with Crippen LogP contribution in [0, 0.1) is 21.4 Å². The molecule has 35 heavy (non-hydrogen) atoms. The van der Waals surface area contributed by atoms with Crippen molar-refractivity contribution in [1.82, 2.24) is 5.32 Å². The molecular weight excluding hydrogens is 452 g/mol. The summed E-state index contributed by atoms with van der Waals surface area (Å²) in [5.74, 6) is -0.324.